The maximum Gasteiger partial charge on any atom is 0.279 e. The van der Waals surface area contributed by atoms with Crippen molar-refractivity contribution in [3.05, 3.63) is 0 Å². The molecule has 0 aromatic carbocycles. The van der Waals surface area contributed by atoms with E-state index in [2.05, 4.69) is 11.6 Å². The second kappa shape index (κ2) is 5.00. The van der Waals surface area contributed by atoms with Gasteiger partial charge in [0.2, 0.25) is 0 Å². The summed E-state index contributed by atoms with van der Waals surface area (Å²) in [7, 11) is -0.334. The van der Waals surface area contributed by atoms with E-state index in [-0.39, 0.29) is 0 Å². The molecular weight excluding hydrogens is 226 g/mol. The molecule has 6 heteroatoms. The summed E-state index contributed by atoms with van der Waals surface area (Å²) in [6.07, 6.45) is 3.91. The van der Waals surface area contributed by atoms with Gasteiger partial charge >= 0.3 is 0 Å². The molecule has 0 aromatic heterocycles. The Morgan fingerprint density at radius 2 is 2.19 bits per heavy atom. The van der Waals surface area contributed by atoms with Gasteiger partial charge in [0.15, 0.2) is 0 Å². The summed E-state index contributed by atoms with van der Waals surface area (Å²) in [5.41, 5.74) is 5.42. The number of nitrogens with two attached hydrogens (primary N) is 1. The van der Waals surface area contributed by atoms with Crippen molar-refractivity contribution < 1.29 is 8.42 Å². The summed E-state index contributed by atoms with van der Waals surface area (Å²) < 4.78 is 27.4. The van der Waals surface area contributed by atoms with E-state index >= 15 is 0 Å². The van der Waals surface area contributed by atoms with Gasteiger partial charge in [-0.05, 0) is 18.8 Å². The highest BCUT2D eigenvalue weighted by atomic mass is 32.2. The number of nitrogens with one attached hydrogen (secondary N) is 1. The number of likely N-dealkylation sites (N-methyl/N-ethyl adjacent to an activating group) is 1. The fourth-order valence-corrected chi connectivity index (χ4v) is 3.65. The fourth-order valence-electron chi connectivity index (χ4n) is 2.62. The molecule has 1 aliphatic rings. The van der Waals surface area contributed by atoms with Gasteiger partial charge in [-0.1, -0.05) is 19.8 Å². The van der Waals surface area contributed by atoms with Gasteiger partial charge in [-0.25, -0.2) is 4.72 Å². The molecule has 96 valence electrons. The Kier molecular flexibility index (Phi) is 4.34. The van der Waals surface area contributed by atoms with Crippen LogP contribution in [0.4, 0.5) is 0 Å². The van der Waals surface area contributed by atoms with Gasteiger partial charge in [0.05, 0.1) is 0 Å². The quantitative estimate of drug-likeness (QED) is 0.752. The Bertz CT molecular complexity index is 331. The second-order valence-electron chi connectivity index (χ2n) is 4.81. The first-order chi connectivity index (χ1) is 7.38. The van der Waals surface area contributed by atoms with Crippen LogP contribution >= 0.6 is 0 Å². The molecule has 16 heavy (non-hydrogen) atoms. The molecule has 0 radical (unpaired) electrons. The molecule has 2 unspecified atom stereocenters. The van der Waals surface area contributed by atoms with E-state index in [1.807, 2.05) is 0 Å². The molecule has 0 aromatic rings. The molecule has 0 spiro atoms. The summed E-state index contributed by atoms with van der Waals surface area (Å²) in [5, 5.41) is 0. The van der Waals surface area contributed by atoms with Crippen LogP contribution in [0.25, 0.3) is 0 Å². The SMILES string of the molecule is CNS(=O)(=O)N(C)C1(CN)CCCC(C)C1. The number of nitrogens with zero attached hydrogens (tertiary/aromatic N) is 1. The van der Waals surface area contributed by atoms with E-state index < -0.39 is 15.7 Å². The third-order valence-electron chi connectivity index (χ3n) is 3.73. The van der Waals surface area contributed by atoms with Gasteiger partial charge in [-0.3, -0.25) is 0 Å². The number of hydrogen-bond acceptors (Lipinski definition) is 3. The van der Waals surface area contributed by atoms with Crippen molar-refractivity contribution >= 4 is 10.2 Å². The van der Waals surface area contributed by atoms with Gasteiger partial charge in [-0.15, -0.1) is 0 Å². The van der Waals surface area contributed by atoms with Crippen LogP contribution in [0.2, 0.25) is 0 Å². The van der Waals surface area contributed by atoms with Crippen LogP contribution in [0, 0.1) is 5.92 Å². The molecule has 0 bridgehead atoms. The van der Waals surface area contributed by atoms with Crippen LogP contribution in [0.15, 0.2) is 0 Å². The summed E-state index contributed by atoms with van der Waals surface area (Å²) in [6, 6.07) is 0. The molecule has 5 nitrogen and oxygen atoms in total. The lowest BCUT2D eigenvalue weighted by Gasteiger charge is -2.44. The second-order valence-corrected chi connectivity index (χ2v) is 6.71. The van der Waals surface area contributed by atoms with Crippen molar-refractivity contribution in [2.45, 2.75) is 38.1 Å². The largest absolute Gasteiger partial charge is 0.329 e. The predicted molar refractivity (Wildman–Crippen MR) is 65.2 cm³/mol. The molecule has 0 aliphatic heterocycles. The van der Waals surface area contributed by atoms with Crippen LogP contribution in [0.3, 0.4) is 0 Å². The van der Waals surface area contributed by atoms with Gasteiger partial charge in [0.25, 0.3) is 10.2 Å². The van der Waals surface area contributed by atoms with Crippen molar-refractivity contribution in [2.75, 3.05) is 20.6 Å². The Morgan fingerprint density at radius 1 is 1.56 bits per heavy atom. The summed E-state index contributed by atoms with van der Waals surface area (Å²) >= 11 is 0. The zero-order valence-electron chi connectivity index (χ0n) is 10.4. The van der Waals surface area contributed by atoms with Crippen molar-refractivity contribution in [1.29, 1.82) is 0 Å². The Morgan fingerprint density at radius 3 is 2.62 bits per heavy atom. The summed E-state index contributed by atoms with van der Waals surface area (Å²) in [5.74, 6) is 0.534. The van der Waals surface area contributed by atoms with Crippen LogP contribution in [0.1, 0.15) is 32.6 Å². The predicted octanol–water partition coefficient (Wildman–Crippen LogP) is 0.290. The maximum atomic E-state index is 11.8. The van der Waals surface area contributed by atoms with Crippen LogP contribution in [0.5, 0.6) is 0 Å². The molecule has 1 fully saturated rings. The van der Waals surface area contributed by atoms with Gasteiger partial charge in [0, 0.05) is 26.2 Å². The van der Waals surface area contributed by atoms with Crippen LogP contribution < -0.4 is 10.5 Å². The third-order valence-corrected chi connectivity index (χ3v) is 5.36. The van der Waals surface area contributed by atoms with E-state index in [0.717, 1.165) is 25.7 Å². The monoisotopic (exact) mass is 249 g/mol. The Balaban J connectivity index is 2.96. The molecule has 0 saturated heterocycles. The van der Waals surface area contributed by atoms with Crippen molar-refractivity contribution in [3.8, 4) is 0 Å². The minimum atomic E-state index is -3.39. The molecular formula is C10H23N3O2S. The first kappa shape index (κ1) is 13.9. The molecule has 3 N–H and O–H groups in total. The standard InChI is InChI=1S/C10H23N3O2S/c1-9-5-4-6-10(7-9,8-11)13(3)16(14,15)12-2/h9,12H,4-8,11H2,1-3H3. The minimum Gasteiger partial charge on any atom is -0.329 e. The first-order valence-electron chi connectivity index (χ1n) is 5.75. The van der Waals surface area contributed by atoms with Crippen molar-refractivity contribution in [2.24, 2.45) is 11.7 Å². The van der Waals surface area contributed by atoms with Gasteiger partial charge in [-0.2, -0.15) is 12.7 Å². The Labute approximate surface area is 98.6 Å². The lowest BCUT2D eigenvalue weighted by molar-refractivity contribution is 0.127. The van der Waals surface area contributed by atoms with Crippen molar-refractivity contribution in [3.63, 3.8) is 0 Å². The molecule has 1 rings (SSSR count). The smallest absolute Gasteiger partial charge is 0.279 e. The van der Waals surface area contributed by atoms with E-state index in [9.17, 15) is 8.42 Å². The van der Waals surface area contributed by atoms with E-state index in [4.69, 9.17) is 5.73 Å². The molecule has 1 saturated carbocycles. The number of hydrogen-bond donors (Lipinski definition) is 2. The van der Waals surface area contributed by atoms with E-state index in [0.29, 0.717) is 12.5 Å². The summed E-state index contributed by atoms with van der Waals surface area (Å²) in [4.78, 5) is 0. The molecule has 1 aliphatic carbocycles. The highest BCUT2D eigenvalue weighted by Gasteiger charge is 2.42. The van der Waals surface area contributed by atoms with Crippen LogP contribution in [-0.4, -0.2) is 38.9 Å². The molecule has 0 heterocycles. The highest BCUT2D eigenvalue weighted by Crippen LogP contribution is 2.36. The normalized spacial score (nSPS) is 31.9. The lowest BCUT2D eigenvalue weighted by atomic mass is 9.76. The van der Waals surface area contributed by atoms with E-state index in [1.54, 1.807) is 7.05 Å². The zero-order valence-corrected chi connectivity index (χ0v) is 11.2. The first-order valence-corrected chi connectivity index (χ1v) is 7.19. The van der Waals surface area contributed by atoms with Gasteiger partial charge in [0.1, 0.15) is 0 Å². The summed E-state index contributed by atoms with van der Waals surface area (Å²) in [6.45, 7) is 2.54. The zero-order chi connectivity index (χ0) is 12.4. The Hall–Kier alpha value is -0.170. The number of rotatable bonds is 4. The lowest BCUT2D eigenvalue weighted by Crippen LogP contribution is -2.58. The van der Waals surface area contributed by atoms with E-state index in [1.165, 1.54) is 11.4 Å². The minimum absolute atomic E-state index is 0.384. The molecule has 2 atom stereocenters. The van der Waals surface area contributed by atoms with Crippen molar-refractivity contribution in [1.82, 2.24) is 9.03 Å². The van der Waals surface area contributed by atoms with Gasteiger partial charge < -0.3 is 5.73 Å². The average molecular weight is 249 g/mol. The maximum absolute atomic E-state index is 11.8. The topological polar surface area (TPSA) is 75.4 Å². The van der Waals surface area contributed by atoms with Crippen LogP contribution in [-0.2, 0) is 10.2 Å². The average Bonchev–Trinajstić information content (AvgIpc) is 2.27. The third kappa shape index (κ3) is 2.56. The fraction of sp³-hybridized carbons (Fsp3) is 1.00. The molecule has 0 amide bonds. The highest BCUT2D eigenvalue weighted by molar-refractivity contribution is 7.87.